The first kappa shape index (κ1) is 25.2. The summed E-state index contributed by atoms with van der Waals surface area (Å²) < 4.78 is 0. The van der Waals surface area contributed by atoms with Gasteiger partial charge in [-0.05, 0) is 31.4 Å². The van der Waals surface area contributed by atoms with Crippen LogP contribution in [-0.4, -0.2) is 58.9 Å². The van der Waals surface area contributed by atoms with Gasteiger partial charge in [0.05, 0.1) is 11.1 Å². The molecule has 34 heavy (non-hydrogen) atoms. The van der Waals surface area contributed by atoms with Crippen molar-refractivity contribution in [3.8, 4) is 0 Å². The van der Waals surface area contributed by atoms with Crippen molar-refractivity contribution in [2.24, 2.45) is 0 Å². The first-order chi connectivity index (χ1) is 16.4. The van der Waals surface area contributed by atoms with E-state index >= 15 is 0 Å². The zero-order chi connectivity index (χ0) is 24.5. The minimum atomic E-state index is -0.975. The fraction of sp³-hybridized carbons (Fsp3) is 0.542. The van der Waals surface area contributed by atoms with Gasteiger partial charge in [0.2, 0.25) is 11.8 Å². The number of hydrogen-bond donors (Lipinski definition) is 4. The van der Waals surface area contributed by atoms with Crippen molar-refractivity contribution in [2.45, 2.75) is 70.3 Å². The molecule has 10 nitrogen and oxygen atoms in total. The number of nitrogens with one attached hydrogen (secondary N) is 3. The van der Waals surface area contributed by atoms with Gasteiger partial charge >= 0.3 is 6.09 Å². The standard InChI is InChI=1S/C24H32N4O6/c29-19-13-12-18(21(30)27-19)28-22(31)16-10-9-11-17(20(16)23(28)32)25-14-7-5-3-1-2-4-6-8-15-26-24(33)34/h9-11,18,25-26H,1-8,12-15H2,(H,33,34)(H,27,29,30). The maximum Gasteiger partial charge on any atom is 0.404 e. The van der Waals surface area contributed by atoms with Crippen molar-refractivity contribution >= 4 is 35.4 Å². The van der Waals surface area contributed by atoms with Gasteiger partial charge in [-0.3, -0.25) is 29.4 Å². The van der Waals surface area contributed by atoms with Crippen molar-refractivity contribution in [3.05, 3.63) is 29.3 Å². The van der Waals surface area contributed by atoms with Crippen LogP contribution in [0.5, 0.6) is 0 Å². The van der Waals surface area contributed by atoms with Gasteiger partial charge in [0.1, 0.15) is 6.04 Å². The number of nitrogens with zero attached hydrogens (tertiary/aromatic N) is 1. The van der Waals surface area contributed by atoms with Gasteiger partial charge in [0.25, 0.3) is 11.8 Å². The average molecular weight is 473 g/mol. The molecule has 4 N–H and O–H groups in total. The van der Waals surface area contributed by atoms with Crippen molar-refractivity contribution in [1.29, 1.82) is 0 Å². The number of carbonyl (C=O) groups is 5. The van der Waals surface area contributed by atoms with E-state index in [-0.39, 0.29) is 24.0 Å². The summed E-state index contributed by atoms with van der Waals surface area (Å²) in [6, 6.07) is 4.10. The molecule has 1 unspecified atom stereocenters. The molecule has 0 saturated carbocycles. The molecule has 2 heterocycles. The third kappa shape index (κ3) is 6.33. The Balaban J connectivity index is 1.40. The Kier molecular flexibility index (Phi) is 9.00. The number of carbonyl (C=O) groups excluding carboxylic acids is 4. The molecule has 1 fully saturated rings. The topological polar surface area (TPSA) is 145 Å². The fourth-order valence-corrected chi connectivity index (χ4v) is 4.39. The number of rotatable bonds is 13. The molecule has 1 atom stereocenters. The molecular weight excluding hydrogens is 440 g/mol. The number of piperidine rings is 1. The summed E-state index contributed by atoms with van der Waals surface area (Å²) in [5.41, 5.74) is 1.15. The normalized spacial score (nSPS) is 17.5. The summed E-state index contributed by atoms with van der Waals surface area (Å²) in [6.45, 7) is 1.17. The zero-order valence-corrected chi connectivity index (χ0v) is 19.2. The van der Waals surface area contributed by atoms with E-state index in [2.05, 4.69) is 16.0 Å². The maximum atomic E-state index is 13.1. The lowest BCUT2D eigenvalue weighted by atomic mass is 10.0. The van der Waals surface area contributed by atoms with Crippen LogP contribution in [-0.2, 0) is 9.59 Å². The first-order valence-electron chi connectivity index (χ1n) is 12.0. The number of benzene rings is 1. The van der Waals surface area contributed by atoms with E-state index in [0.29, 0.717) is 18.8 Å². The number of anilines is 1. The van der Waals surface area contributed by atoms with Gasteiger partial charge in [0.15, 0.2) is 0 Å². The minimum Gasteiger partial charge on any atom is -0.465 e. The molecular formula is C24H32N4O6. The second-order valence-electron chi connectivity index (χ2n) is 8.66. The Morgan fingerprint density at radius 1 is 0.941 bits per heavy atom. The predicted molar refractivity (Wildman–Crippen MR) is 125 cm³/mol. The van der Waals surface area contributed by atoms with Crippen LogP contribution >= 0.6 is 0 Å². The molecule has 3 rings (SSSR count). The van der Waals surface area contributed by atoms with Crippen LogP contribution in [0.1, 0.15) is 84.9 Å². The highest BCUT2D eigenvalue weighted by Crippen LogP contribution is 2.32. The van der Waals surface area contributed by atoms with Crippen LogP contribution in [0, 0.1) is 0 Å². The summed E-state index contributed by atoms with van der Waals surface area (Å²) in [5.74, 6) is -2.02. The summed E-state index contributed by atoms with van der Waals surface area (Å²) >= 11 is 0. The number of fused-ring (bicyclic) bond motifs is 1. The van der Waals surface area contributed by atoms with Crippen molar-refractivity contribution in [3.63, 3.8) is 0 Å². The monoisotopic (exact) mass is 472 g/mol. The van der Waals surface area contributed by atoms with Gasteiger partial charge in [-0.25, -0.2) is 4.79 Å². The molecule has 0 radical (unpaired) electrons. The Labute approximate surface area is 198 Å². The Morgan fingerprint density at radius 3 is 2.24 bits per heavy atom. The number of imide groups is 2. The Hall–Kier alpha value is -3.43. The van der Waals surface area contributed by atoms with Crippen molar-refractivity contribution < 1.29 is 29.1 Å². The molecule has 184 valence electrons. The minimum absolute atomic E-state index is 0.0941. The van der Waals surface area contributed by atoms with E-state index in [1.165, 1.54) is 0 Å². The molecule has 0 bridgehead atoms. The molecule has 0 aliphatic carbocycles. The van der Waals surface area contributed by atoms with E-state index < -0.39 is 35.8 Å². The van der Waals surface area contributed by atoms with Crippen LogP contribution in [0.3, 0.4) is 0 Å². The van der Waals surface area contributed by atoms with Crippen molar-refractivity contribution in [1.82, 2.24) is 15.5 Å². The van der Waals surface area contributed by atoms with E-state index in [0.717, 1.165) is 56.3 Å². The molecule has 2 aliphatic heterocycles. The van der Waals surface area contributed by atoms with Crippen LogP contribution in [0.15, 0.2) is 18.2 Å². The highest BCUT2D eigenvalue weighted by Gasteiger charge is 2.45. The summed E-state index contributed by atoms with van der Waals surface area (Å²) in [7, 11) is 0. The summed E-state index contributed by atoms with van der Waals surface area (Å²) in [5, 5.41) is 16.3. The second-order valence-corrected chi connectivity index (χ2v) is 8.66. The van der Waals surface area contributed by atoms with Crippen LogP contribution in [0.2, 0.25) is 0 Å². The molecule has 1 aromatic carbocycles. The molecule has 2 aliphatic rings. The lowest BCUT2D eigenvalue weighted by molar-refractivity contribution is -0.136. The quantitative estimate of drug-likeness (QED) is 0.255. The first-order valence-corrected chi connectivity index (χ1v) is 12.0. The van der Waals surface area contributed by atoms with Gasteiger partial charge in [-0.1, -0.05) is 44.6 Å². The molecule has 10 heteroatoms. The summed E-state index contributed by atoms with van der Waals surface area (Å²) in [6.07, 6.45) is 7.54. The SMILES string of the molecule is O=C(O)NCCCCCCCCCCNc1cccc2c1C(=O)N(C1CCC(=O)NC1=O)C2=O. The third-order valence-electron chi connectivity index (χ3n) is 6.16. The van der Waals surface area contributed by atoms with Gasteiger partial charge in [0, 0.05) is 25.2 Å². The van der Waals surface area contributed by atoms with E-state index in [9.17, 15) is 24.0 Å². The van der Waals surface area contributed by atoms with Gasteiger partial charge in [-0.15, -0.1) is 0 Å². The largest absolute Gasteiger partial charge is 0.465 e. The Morgan fingerprint density at radius 2 is 1.59 bits per heavy atom. The third-order valence-corrected chi connectivity index (χ3v) is 6.16. The predicted octanol–water partition coefficient (Wildman–Crippen LogP) is 2.89. The number of carboxylic acid groups (broad SMARTS) is 1. The highest BCUT2D eigenvalue weighted by molar-refractivity contribution is 6.25. The van der Waals surface area contributed by atoms with Crippen LogP contribution in [0.25, 0.3) is 0 Å². The number of amides is 5. The van der Waals surface area contributed by atoms with Crippen LogP contribution < -0.4 is 16.0 Å². The van der Waals surface area contributed by atoms with Gasteiger partial charge < -0.3 is 15.7 Å². The van der Waals surface area contributed by atoms with Crippen molar-refractivity contribution in [2.75, 3.05) is 18.4 Å². The maximum absolute atomic E-state index is 13.1. The molecule has 5 amide bonds. The van der Waals surface area contributed by atoms with E-state index in [4.69, 9.17) is 5.11 Å². The number of hydrogen-bond acceptors (Lipinski definition) is 6. The zero-order valence-electron chi connectivity index (χ0n) is 19.2. The fourth-order valence-electron chi connectivity index (χ4n) is 4.39. The second kappa shape index (κ2) is 12.2. The van der Waals surface area contributed by atoms with Gasteiger partial charge in [-0.2, -0.15) is 0 Å². The Bertz CT molecular complexity index is 947. The highest BCUT2D eigenvalue weighted by atomic mass is 16.4. The van der Waals surface area contributed by atoms with E-state index in [1.54, 1.807) is 18.2 Å². The molecule has 1 aromatic rings. The lowest BCUT2D eigenvalue weighted by Crippen LogP contribution is -2.54. The lowest BCUT2D eigenvalue weighted by Gasteiger charge is -2.27. The molecule has 1 saturated heterocycles. The summed E-state index contributed by atoms with van der Waals surface area (Å²) in [4.78, 5) is 60.9. The average Bonchev–Trinajstić information content (AvgIpc) is 3.05. The number of unbranched alkanes of at least 4 members (excludes halogenated alkanes) is 7. The van der Waals surface area contributed by atoms with Crippen LogP contribution in [0.4, 0.5) is 10.5 Å². The smallest absolute Gasteiger partial charge is 0.404 e. The molecule has 0 aromatic heterocycles. The van der Waals surface area contributed by atoms with E-state index in [1.807, 2.05) is 0 Å². The molecule has 0 spiro atoms.